The van der Waals surface area contributed by atoms with Crippen LogP contribution in [0.4, 0.5) is 10.1 Å². The van der Waals surface area contributed by atoms with Gasteiger partial charge in [0.1, 0.15) is 5.82 Å². The van der Waals surface area contributed by atoms with Crippen molar-refractivity contribution in [3.63, 3.8) is 0 Å². The Balaban J connectivity index is 1.58. The van der Waals surface area contributed by atoms with Crippen molar-refractivity contribution < 1.29 is 4.39 Å². The summed E-state index contributed by atoms with van der Waals surface area (Å²) in [6.45, 7) is 4.99. The predicted octanol–water partition coefficient (Wildman–Crippen LogP) is 3.91. The second-order valence-corrected chi connectivity index (χ2v) is 6.19. The number of benzene rings is 2. The van der Waals surface area contributed by atoms with Gasteiger partial charge in [-0.2, -0.15) is 0 Å². The molecule has 2 aromatic carbocycles. The molecule has 0 amide bonds. The van der Waals surface area contributed by atoms with Crippen molar-refractivity contribution in [1.29, 1.82) is 0 Å². The Morgan fingerprint density at radius 2 is 1.57 bits per heavy atom. The van der Waals surface area contributed by atoms with Crippen LogP contribution < -0.4 is 4.90 Å². The average Bonchev–Trinajstić information content (AvgIpc) is 2.51. The maximum atomic E-state index is 13.0. The molecule has 1 aliphatic heterocycles. The second kappa shape index (κ2) is 6.58. The van der Waals surface area contributed by atoms with E-state index in [1.807, 2.05) is 18.2 Å². The van der Waals surface area contributed by atoms with E-state index < -0.39 is 0 Å². The van der Waals surface area contributed by atoms with Crippen LogP contribution in [0.5, 0.6) is 0 Å². The highest BCUT2D eigenvalue weighted by Crippen LogP contribution is 2.20. The summed E-state index contributed by atoms with van der Waals surface area (Å²) < 4.78 is 14.1. The third-order valence-electron chi connectivity index (χ3n) is 3.92. The Kier molecular flexibility index (Phi) is 4.56. The van der Waals surface area contributed by atoms with Gasteiger partial charge in [-0.25, -0.2) is 4.39 Å². The van der Waals surface area contributed by atoms with Crippen LogP contribution in [-0.4, -0.2) is 31.1 Å². The van der Waals surface area contributed by atoms with E-state index in [0.29, 0.717) is 0 Å². The highest BCUT2D eigenvalue weighted by atomic mass is 79.9. The Hall–Kier alpha value is -1.39. The number of hydrogen-bond acceptors (Lipinski definition) is 2. The van der Waals surface area contributed by atoms with Crippen molar-refractivity contribution in [2.24, 2.45) is 0 Å². The van der Waals surface area contributed by atoms with Crippen LogP contribution in [0.3, 0.4) is 0 Å². The van der Waals surface area contributed by atoms with Crippen LogP contribution in [-0.2, 0) is 6.54 Å². The molecule has 0 aromatic heterocycles. The number of halogens is 2. The lowest BCUT2D eigenvalue weighted by Crippen LogP contribution is -2.46. The minimum absolute atomic E-state index is 0.175. The summed E-state index contributed by atoms with van der Waals surface area (Å²) in [6, 6.07) is 15.2. The van der Waals surface area contributed by atoms with Gasteiger partial charge in [0.2, 0.25) is 0 Å². The highest BCUT2D eigenvalue weighted by molar-refractivity contribution is 9.10. The summed E-state index contributed by atoms with van der Waals surface area (Å²) in [7, 11) is 0. The van der Waals surface area contributed by atoms with Gasteiger partial charge in [0.05, 0.1) is 0 Å². The summed E-state index contributed by atoms with van der Waals surface area (Å²) >= 11 is 3.61. The highest BCUT2D eigenvalue weighted by Gasteiger charge is 2.17. The fourth-order valence-electron chi connectivity index (χ4n) is 2.68. The molecule has 0 saturated carbocycles. The fraction of sp³-hybridized carbons (Fsp3) is 0.294. The number of nitrogens with zero attached hydrogens (tertiary/aromatic N) is 2. The van der Waals surface area contributed by atoms with Crippen molar-refractivity contribution in [2.75, 3.05) is 31.1 Å². The third kappa shape index (κ3) is 3.63. The molecule has 1 fully saturated rings. The topological polar surface area (TPSA) is 6.48 Å². The van der Waals surface area contributed by atoms with Gasteiger partial charge in [0.25, 0.3) is 0 Å². The zero-order valence-electron chi connectivity index (χ0n) is 11.8. The van der Waals surface area contributed by atoms with Gasteiger partial charge in [0, 0.05) is 42.9 Å². The first-order valence-corrected chi connectivity index (χ1v) is 7.98. The Bertz CT molecular complexity index is 592. The SMILES string of the molecule is Fc1ccc(N2CCN(Cc3ccccc3Br)CC2)cc1. The molecule has 1 saturated heterocycles. The van der Waals surface area contributed by atoms with E-state index in [-0.39, 0.29) is 5.82 Å². The van der Waals surface area contributed by atoms with Gasteiger partial charge >= 0.3 is 0 Å². The van der Waals surface area contributed by atoms with Crippen LogP contribution in [0.25, 0.3) is 0 Å². The molecule has 1 heterocycles. The largest absolute Gasteiger partial charge is 0.369 e. The molecule has 0 bridgehead atoms. The monoisotopic (exact) mass is 348 g/mol. The Morgan fingerprint density at radius 1 is 0.905 bits per heavy atom. The Morgan fingerprint density at radius 3 is 2.24 bits per heavy atom. The quantitative estimate of drug-likeness (QED) is 0.829. The summed E-state index contributed by atoms with van der Waals surface area (Å²) in [5.41, 5.74) is 2.43. The van der Waals surface area contributed by atoms with Crippen molar-refractivity contribution in [3.8, 4) is 0 Å². The molecule has 2 nitrogen and oxygen atoms in total. The first-order chi connectivity index (χ1) is 10.2. The maximum absolute atomic E-state index is 13.0. The van der Waals surface area contributed by atoms with Crippen molar-refractivity contribution in [3.05, 3.63) is 64.4 Å². The molecule has 21 heavy (non-hydrogen) atoms. The summed E-state index contributed by atoms with van der Waals surface area (Å²) in [4.78, 5) is 4.77. The zero-order valence-corrected chi connectivity index (χ0v) is 13.4. The Labute approximate surface area is 133 Å². The molecule has 3 rings (SSSR count). The smallest absolute Gasteiger partial charge is 0.123 e. The lowest BCUT2D eigenvalue weighted by atomic mass is 10.2. The normalized spacial score (nSPS) is 16.2. The average molecular weight is 349 g/mol. The molecule has 110 valence electrons. The minimum atomic E-state index is -0.175. The molecule has 1 aliphatic rings. The second-order valence-electron chi connectivity index (χ2n) is 5.33. The van der Waals surface area contributed by atoms with Crippen LogP contribution in [0.2, 0.25) is 0 Å². The van der Waals surface area contributed by atoms with Crippen LogP contribution in [0.15, 0.2) is 53.0 Å². The number of rotatable bonds is 3. The van der Waals surface area contributed by atoms with E-state index in [0.717, 1.165) is 38.4 Å². The molecular formula is C17H18BrFN2. The van der Waals surface area contributed by atoms with Crippen LogP contribution in [0.1, 0.15) is 5.56 Å². The van der Waals surface area contributed by atoms with Gasteiger partial charge in [-0.3, -0.25) is 4.90 Å². The van der Waals surface area contributed by atoms with E-state index in [1.165, 1.54) is 22.2 Å². The van der Waals surface area contributed by atoms with Gasteiger partial charge in [0.15, 0.2) is 0 Å². The van der Waals surface area contributed by atoms with Crippen molar-refractivity contribution >= 4 is 21.6 Å². The van der Waals surface area contributed by atoms with Crippen molar-refractivity contribution in [2.45, 2.75) is 6.54 Å². The molecule has 4 heteroatoms. The summed E-state index contributed by atoms with van der Waals surface area (Å²) in [5, 5.41) is 0. The van der Waals surface area contributed by atoms with E-state index in [9.17, 15) is 4.39 Å². The molecule has 0 atom stereocenters. The van der Waals surface area contributed by atoms with Gasteiger partial charge in [-0.05, 0) is 35.9 Å². The number of piperazine rings is 1. The van der Waals surface area contributed by atoms with Crippen LogP contribution >= 0.6 is 15.9 Å². The first kappa shape index (κ1) is 14.5. The number of anilines is 1. The zero-order chi connectivity index (χ0) is 14.7. The third-order valence-corrected chi connectivity index (χ3v) is 4.69. The molecule has 0 radical (unpaired) electrons. The van der Waals surface area contributed by atoms with E-state index in [2.05, 4.69) is 43.9 Å². The standard InChI is InChI=1S/C17H18BrFN2/c18-17-4-2-1-3-14(17)13-20-9-11-21(12-10-20)16-7-5-15(19)6-8-16/h1-8H,9-13H2. The van der Waals surface area contributed by atoms with E-state index in [1.54, 1.807) is 0 Å². The first-order valence-electron chi connectivity index (χ1n) is 7.18. The van der Waals surface area contributed by atoms with E-state index in [4.69, 9.17) is 0 Å². The molecule has 0 N–H and O–H groups in total. The summed E-state index contributed by atoms with van der Waals surface area (Å²) in [6.07, 6.45) is 0. The van der Waals surface area contributed by atoms with Gasteiger partial charge < -0.3 is 4.90 Å². The van der Waals surface area contributed by atoms with Gasteiger partial charge in [-0.1, -0.05) is 34.1 Å². The molecule has 0 aliphatic carbocycles. The fourth-order valence-corrected chi connectivity index (χ4v) is 3.09. The summed E-state index contributed by atoms with van der Waals surface area (Å²) in [5.74, 6) is -0.175. The molecule has 0 spiro atoms. The van der Waals surface area contributed by atoms with E-state index >= 15 is 0 Å². The lowest BCUT2D eigenvalue weighted by molar-refractivity contribution is 0.249. The molecule has 0 unspecified atom stereocenters. The van der Waals surface area contributed by atoms with Crippen LogP contribution in [0, 0.1) is 5.82 Å². The minimum Gasteiger partial charge on any atom is -0.369 e. The lowest BCUT2D eigenvalue weighted by Gasteiger charge is -2.36. The molecule has 2 aromatic rings. The van der Waals surface area contributed by atoms with Crippen molar-refractivity contribution in [1.82, 2.24) is 4.90 Å². The van der Waals surface area contributed by atoms with Gasteiger partial charge in [-0.15, -0.1) is 0 Å². The molecular weight excluding hydrogens is 331 g/mol. The predicted molar refractivity (Wildman–Crippen MR) is 88.0 cm³/mol. The maximum Gasteiger partial charge on any atom is 0.123 e. The number of hydrogen-bond donors (Lipinski definition) is 0.